The highest BCUT2D eigenvalue weighted by Gasteiger charge is 1.34. The third-order valence-electron chi connectivity index (χ3n) is 0.183. The molecule has 0 unspecified atom stereocenters. The minimum absolute atomic E-state index is 0.750. The molecule has 0 fully saturated rings. The third kappa shape index (κ3) is 4170. The molecule has 5 heteroatoms. The molecule has 0 aromatic carbocycles. The number of hydrogen-bond acceptors (Lipinski definition) is 4. The highest BCUT2D eigenvalue weighted by molar-refractivity contribution is 7.51. The Morgan fingerprint density at radius 1 is 1.09 bits per heavy atom. The van der Waals surface area contributed by atoms with Gasteiger partial charge >= 0.3 is 11.6 Å². The lowest BCUT2D eigenvalue weighted by atomic mass is 10.8. The summed E-state index contributed by atoms with van der Waals surface area (Å²) >= 11 is -0.750. The Morgan fingerprint density at radius 2 is 1.18 bits per heavy atom. The molecule has 0 saturated heterocycles. The van der Waals surface area contributed by atoms with Crippen LogP contribution in [0.4, 0.5) is 0 Å². The first kappa shape index (κ1) is 16.1. The number of nitriles is 2. The van der Waals surface area contributed by atoms with Crippen LogP contribution in [-0.4, -0.2) is 8.42 Å². The Hall–Kier alpha value is -1.72. The zero-order chi connectivity index (χ0) is 9.54. The normalized spacial score (nSPS) is 3.82. The fraction of sp³-hybridized carbons (Fsp3) is 0. The van der Waals surface area contributed by atoms with Gasteiger partial charge in [-0.15, -0.1) is 0 Å². The Balaban J connectivity index is -0.0000000886. The van der Waals surface area contributed by atoms with Crippen LogP contribution in [0, 0.1) is 22.7 Å². The molecule has 0 spiro atoms. The highest BCUT2D eigenvalue weighted by atomic mass is 32.1. The zero-order valence-corrected chi connectivity index (χ0v) is 6.50. The first-order valence-corrected chi connectivity index (χ1v) is 2.84. The van der Waals surface area contributed by atoms with E-state index in [4.69, 9.17) is 18.9 Å². The maximum Gasteiger partial charge on any atom is 0.335 e. The molecule has 4 nitrogen and oxygen atoms in total. The second-order valence-corrected chi connectivity index (χ2v) is 0.871. The zero-order valence-electron chi connectivity index (χ0n) is 5.69. The van der Waals surface area contributed by atoms with Gasteiger partial charge in [0.1, 0.15) is 0 Å². The van der Waals surface area contributed by atoms with Gasteiger partial charge in [-0.25, -0.2) is 0 Å². The Kier molecular flexibility index (Phi) is 59.8. The molecule has 0 aliphatic rings. The molecule has 0 rings (SSSR count). The third-order valence-corrected chi connectivity index (χ3v) is 0.183. The molecule has 0 saturated carbocycles. The SMILES string of the molecule is C=CC#N.C=CC#N.O=S=O. The van der Waals surface area contributed by atoms with E-state index in [9.17, 15) is 0 Å². The summed E-state index contributed by atoms with van der Waals surface area (Å²) in [5.74, 6) is 0. The van der Waals surface area contributed by atoms with Crippen molar-refractivity contribution in [1.82, 2.24) is 0 Å². The van der Waals surface area contributed by atoms with Crippen molar-refractivity contribution in [3.63, 3.8) is 0 Å². The van der Waals surface area contributed by atoms with Crippen LogP contribution in [-0.2, 0) is 11.6 Å². The summed E-state index contributed by atoms with van der Waals surface area (Å²) in [4.78, 5) is 0. The van der Waals surface area contributed by atoms with Gasteiger partial charge in [-0.3, -0.25) is 0 Å². The van der Waals surface area contributed by atoms with Crippen LogP contribution >= 0.6 is 0 Å². The summed E-state index contributed by atoms with van der Waals surface area (Å²) in [5, 5.41) is 15.0. The first-order valence-electron chi connectivity index (χ1n) is 2.17. The molecular weight excluding hydrogens is 164 g/mol. The molecule has 0 amide bonds. The van der Waals surface area contributed by atoms with E-state index in [1.54, 1.807) is 12.1 Å². The van der Waals surface area contributed by atoms with E-state index >= 15 is 0 Å². The average molecular weight is 170 g/mol. The summed E-state index contributed by atoms with van der Waals surface area (Å²) in [7, 11) is 0. The van der Waals surface area contributed by atoms with Crippen molar-refractivity contribution in [2.45, 2.75) is 0 Å². The van der Waals surface area contributed by atoms with Crippen LogP contribution in [0.15, 0.2) is 25.3 Å². The van der Waals surface area contributed by atoms with E-state index < -0.39 is 11.6 Å². The lowest BCUT2D eigenvalue weighted by Gasteiger charge is -1.31. The van der Waals surface area contributed by atoms with Gasteiger partial charge in [0.25, 0.3) is 0 Å². The summed E-state index contributed by atoms with van der Waals surface area (Å²) < 4.78 is 16.6. The first-order chi connectivity index (χ1) is 5.24. The predicted molar refractivity (Wildman–Crippen MR) is 40.5 cm³/mol. The van der Waals surface area contributed by atoms with Gasteiger partial charge in [-0.2, -0.15) is 18.9 Å². The van der Waals surface area contributed by atoms with Crippen molar-refractivity contribution in [1.29, 1.82) is 10.5 Å². The van der Waals surface area contributed by atoms with E-state index in [1.807, 2.05) is 0 Å². The molecule has 0 heterocycles. The molecule has 11 heavy (non-hydrogen) atoms. The van der Waals surface area contributed by atoms with Crippen molar-refractivity contribution >= 4 is 11.6 Å². The molecule has 0 radical (unpaired) electrons. The van der Waals surface area contributed by atoms with Crippen LogP contribution in [0.5, 0.6) is 0 Å². The molecule has 0 bridgehead atoms. The van der Waals surface area contributed by atoms with Crippen LogP contribution in [0.3, 0.4) is 0 Å². The number of hydrogen-bond donors (Lipinski definition) is 0. The monoisotopic (exact) mass is 170 g/mol. The summed E-state index contributed by atoms with van der Waals surface area (Å²) in [6.07, 6.45) is 2.36. The smallest absolute Gasteiger partial charge is 0.193 e. The van der Waals surface area contributed by atoms with E-state index in [1.165, 1.54) is 12.2 Å². The summed E-state index contributed by atoms with van der Waals surface area (Å²) in [6, 6.07) is 3.39. The maximum atomic E-state index is 8.29. The Labute approximate surface area is 68.7 Å². The van der Waals surface area contributed by atoms with Crippen molar-refractivity contribution in [3.8, 4) is 12.1 Å². The van der Waals surface area contributed by atoms with Crippen LogP contribution in [0.2, 0.25) is 0 Å². The summed E-state index contributed by atoms with van der Waals surface area (Å²) in [5.41, 5.74) is 0. The van der Waals surface area contributed by atoms with Crippen molar-refractivity contribution < 1.29 is 8.42 Å². The maximum absolute atomic E-state index is 8.29. The molecule has 58 valence electrons. The Bertz CT molecular complexity index is 188. The predicted octanol–water partition coefficient (Wildman–Crippen LogP) is 0.722. The summed E-state index contributed by atoms with van der Waals surface area (Å²) in [6.45, 7) is 6.24. The van der Waals surface area contributed by atoms with Crippen LogP contribution in [0.25, 0.3) is 0 Å². The van der Waals surface area contributed by atoms with Gasteiger partial charge in [-0.05, 0) is 0 Å². The van der Waals surface area contributed by atoms with Crippen molar-refractivity contribution in [2.75, 3.05) is 0 Å². The highest BCUT2D eigenvalue weighted by Crippen LogP contribution is 1.41. The lowest BCUT2D eigenvalue weighted by molar-refractivity contribution is 0.630. The minimum atomic E-state index is -0.750. The van der Waals surface area contributed by atoms with Crippen molar-refractivity contribution in [3.05, 3.63) is 25.3 Å². The molecule has 0 aromatic heterocycles. The second-order valence-electron chi connectivity index (χ2n) is 0.734. The number of nitrogens with zero attached hydrogens (tertiary/aromatic N) is 2. The van der Waals surface area contributed by atoms with Gasteiger partial charge in [-0.1, -0.05) is 13.2 Å². The van der Waals surface area contributed by atoms with Gasteiger partial charge in [0.05, 0.1) is 12.1 Å². The molecule has 0 atom stereocenters. The van der Waals surface area contributed by atoms with Crippen molar-refractivity contribution in [2.24, 2.45) is 0 Å². The van der Waals surface area contributed by atoms with Gasteiger partial charge in [0, 0.05) is 12.2 Å². The lowest BCUT2D eigenvalue weighted by Crippen LogP contribution is -1.23. The van der Waals surface area contributed by atoms with E-state index in [0.29, 0.717) is 0 Å². The quantitative estimate of drug-likeness (QED) is 0.501. The molecule has 0 aliphatic heterocycles. The second kappa shape index (κ2) is 40.8. The topological polar surface area (TPSA) is 81.7 Å². The fourth-order valence-electron chi connectivity index (χ4n) is 0. The molecule has 0 N–H and O–H groups in total. The van der Waals surface area contributed by atoms with Crippen LogP contribution in [0.1, 0.15) is 0 Å². The fourth-order valence-corrected chi connectivity index (χ4v) is 0. The standard InChI is InChI=1S/2C3H3N.O2S/c2*1-2-3-4;1-3-2/h2*2H,1H2;. The Morgan fingerprint density at radius 3 is 1.18 bits per heavy atom. The van der Waals surface area contributed by atoms with E-state index in [-0.39, 0.29) is 0 Å². The van der Waals surface area contributed by atoms with E-state index in [0.717, 1.165) is 0 Å². The van der Waals surface area contributed by atoms with Crippen LogP contribution < -0.4 is 0 Å². The molecule has 0 aliphatic carbocycles. The molecular formula is C6H6N2O2S. The minimum Gasteiger partial charge on any atom is -0.193 e. The van der Waals surface area contributed by atoms with Gasteiger partial charge < -0.3 is 0 Å². The average Bonchev–Trinajstić information content (AvgIpc) is 2.06. The van der Waals surface area contributed by atoms with Gasteiger partial charge in [0.15, 0.2) is 0 Å². The largest absolute Gasteiger partial charge is 0.335 e. The van der Waals surface area contributed by atoms with E-state index in [2.05, 4.69) is 13.2 Å². The number of allylic oxidation sites excluding steroid dienone is 2. The van der Waals surface area contributed by atoms with Gasteiger partial charge in [0.2, 0.25) is 0 Å². The number of rotatable bonds is 0. The molecule has 0 aromatic rings.